The Kier molecular flexibility index (Phi) is 6.72. The number of halogens is 1. The molecule has 0 aliphatic heterocycles. The Balaban J connectivity index is 1.63. The molecule has 7 heteroatoms. The number of hydrogen-bond acceptors (Lipinski definition) is 5. The quantitative estimate of drug-likeness (QED) is 0.562. The molecule has 32 heavy (non-hydrogen) atoms. The Morgan fingerprint density at radius 2 is 1.97 bits per heavy atom. The molecular formula is C25H28FN5O. The Morgan fingerprint density at radius 3 is 2.66 bits per heavy atom. The summed E-state index contributed by atoms with van der Waals surface area (Å²) < 4.78 is 21.4. The van der Waals surface area contributed by atoms with E-state index in [0.717, 1.165) is 42.5 Å². The molecule has 1 saturated carbocycles. The second-order valence-corrected chi connectivity index (χ2v) is 8.35. The fourth-order valence-electron chi connectivity index (χ4n) is 4.41. The zero-order valence-electron chi connectivity index (χ0n) is 18.2. The smallest absolute Gasteiger partial charge is 0.149 e. The highest BCUT2D eigenvalue weighted by Crippen LogP contribution is 2.31. The Bertz CT molecular complexity index is 1100. The third-order valence-corrected chi connectivity index (χ3v) is 6.21. The molecule has 1 fully saturated rings. The van der Waals surface area contributed by atoms with Gasteiger partial charge in [0.25, 0.3) is 0 Å². The second kappa shape index (κ2) is 9.84. The predicted octanol–water partition coefficient (Wildman–Crippen LogP) is 4.74. The van der Waals surface area contributed by atoms with E-state index in [1.165, 1.54) is 31.4 Å². The van der Waals surface area contributed by atoms with Gasteiger partial charge in [0.1, 0.15) is 23.5 Å². The number of ether oxygens (including phenoxy) is 1. The van der Waals surface area contributed by atoms with Gasteiger partial charge in [-0.05, 0) is 74.0 Å². The highest BCUT2D eigenvalue weighted by atomic mass is 19.1. The van der Waals surface area contributed by atoms with Gasteiger partial charge < -0.3 is 15.8 Å². The molecule has 1 aliphatic rings. The summed E-state index contributed by atoms with van der Waals surface area (Å²) in [7, 11) is 1.62. The number of nitriles is 1. The van der Waals surface area contributed by atoms with Crippen LogP contribution in [0, 0.1) is 29.0 Å². The molecule has 0 bridgehead atoms. The fourth-order valence-corrected chi connectivity index (χ4v) is 4.41. The molecule has 1 aliphatic carbocycles. The van der Waals surface area contributed by atoms with Crippen LogP contribution in [-0.4, -0.2) is 30.0 Å². The number of nitrogens with one attached hydrogen (secondary N) is 1. The monoisotopic (exact) mass is 433 g/mol. The first-order valence-corrected chi connectivity index (χ1v) is 11.0. The standard InChI is InChI=1S/C25H28FN5O/c1-32-22-9-7-21(8-10-22)31-24(19-5-6-20(15-28)23(26)12-19)13-25(30-31)29-16-18-4-2-3-17(11-18)14-27/h5-10,12-13,17-18H,2-4,11,14,16,27H2,1H3,(H,29,30). The molecule has 2 aromatic carbocycles. The van der Waals surface area contributed by atoms with Gasteiger partial charge in [-0.25, -0.2) is 9.07 Å². The first-order valence-electron chi connectivity index (χ1n) is 11.0. The van der Waals surface area contributed by atoms with Crippen molar-refractivity contribution in [3.8, 4) is 28.8 Å². The molecule has 1 heterocycles. The van der Waals surface area contributed by atoms with Crippen LogP contribution in [0.5, 0.6) is 5.75 Å². The molecule has 2 atom stereocenters. The van der Waals surface area contributed by atoms with E-state index < -0.39 is 5.82 Å². The predicted molar refractivity (Wildman–Crippen MR) is 123 cm³/mol. The lowest BCUT2D eigenvalue weighted by atomic mass is 9.81. The van der Waals surface area contributed by atoms with Crippen LogP contribution in [-0.2, 0) is 0 Å². The van der Waals surface area contributed by atoms with Gasteiger partial charge in [-0.2, -0.15) is 5.26 Å². The van der Waals surface area contributed by atoms with E-state index in [2.05, 4.69) is 5.32 Å². The zero-order chi connectivity index (χ0) is 22.5. The van der Waals surface area contributed by atoms with E-state index in [9.17, 15) is 4.39 Å². The highest BCUT2D eigenvalue weighted by Gasteiger charge is 2.21. The van der Waals surface area contributed by atoms with Crippen molar-refractivity contribution in [1.82, 2.24) is 9.78 Å². The van der Waals surface area contributed by atoms with Crippen LogP contribution < -0.4 is 15.8 Å². The van der Waals surface area contributed by atoms with Crippen LogP contribution in [0.2, 0.25) is 0 Å². The number of anilines is 1. The molecule has 3 aromatic rings. The van der Waals surface area contributed by atoms with Crippen molar-refractivity contribution in [2.75, 3.05) is 25.5 Å². The van der Waals surface area contributed by atoms with Gasteiger partial charge in [-0.3, -0.25) is 0 Å². The lowest BCUT2D eigenvalue weighted by Crippen LogP contribution is -2.26. The number of rotatable bonds is 7. The molecule has 3 N–H and O–H groups in total. The summed E-state index contributed by atoms with van der Waals surface area (Å²) in [6.07, 6.45) is 4.75. The van der Waals surface area contributed by atoms with Crippen LogP contribution >= 0.6 is 0 Å². The third kappa shape index (κ3) is 4.76. The minimum Gasteiger partial charge on any atom is -0.497 e. The number of methoxy groups -OCH3 is 1. The fraction of sp³-hybridized carbons (Fsp3) is 0.360. The molecular weight excluding hydrogens is 405 g/mol. The van der Waals surface area contributed by atoms with Crippen molar-refractivity contribution in [3.05, 3.63) is 59.9 Å². The van der Waals surface area contributed by atoms with Gasteiger partial charge in [0, 0.05) is 18.2 Å². The van der Waals surface area contributed by atoms with Crippen LogP contribution in [0.25, 0.3) is 16.9 Å². The summed E-state index contributed by atoms with van der Waals surface area (Å²) in [5.74, 6) is 2.10. The largest absolute Gasteiger partial charge is 0.497 e. The topological polar surface area (TPSA) is 88.9 Å². The van der Waals surface area contributed by atoms with E-state index >= 15 is 0 Å². The second-order valence-electron chi connectivity index (χ2n) is 8.35. The first-order chi connectivity index (χ1) is 15.6. The maximum atomic E-state index is 14.3. The lowest BCUT2D eigenvalue weighted by molar-refractivity contribution is 0.281. The lowest BCUT2D eigenvalue weighted by Gasteiger charge is -2.28. The minimum absolute atomic E-state index is 0.0226. The Labute approximate surface area is 187 Å². The molecule has 0 radical (unpaired) electrons. The number of benzene rings is 2. The molecule has 166 valence electrons. The number of aromatic nitrogens is 2. The van der Waals surface area contributed by atoms with Crippen LogP contribution in [0.3, 0.4) is 0 Å². The number of nitrogens with two attached hydrogens (primary N) is 1. The normalized spacial score (nSPS) is 18.2. The van der Waals surface area contributed by atoms with Gasteiger partial charge in [0.2, 0.25) is 0 Å². The van der Waals surface area contributed by atoms with Gasteiger partial charge in [-0.1, -0.05) is 12.5 Å². The number of hydrogen-bond donors (Lipinski definition) is 2. The van der Waals surface area contributed by atoms with Crippen molar-refractivity contribution in [1.29, 1.82) is 5.26 Å². The Hall–Kier alpha value is -3.37. The van der Waals surface area contributed by atoms with Crippen molar-refractivity contribution in [3.63, 3.8) is 0 Å². The highest BCUT2D eigenvalue weighted by molar-refractivity contribution is 5.67. The van der Waals surface area contributed by atoms with E-state index in [-0.39, 0.29) is 5.56 Å². The molecule has 0 amide bonds. The third-order valence-electron chi connectivity index (χ3n) is 6.21. The molecule has 2 unspecified atom stereocenters. The average Bonchev–Trinajstić information content (AvgIpc) is 3.27. The van der Waals surface area contributed by atoms with E-state index in [4.69, 9.17) is 20.8 Å². The summed E-state index contributed by atoms with van der Waals surface area (Å²) in [5, 5.41) is 17.3. The van der Waals surface area contributed by atoms with E-state index in [1.807, 2.05) is 36.4 Å². The average molecular weight is 434 g/mol. The summed E-state index contributed by atoms with van der Waals surface area (Å²) in [6.45, 7) is 1.58. The molecule has 0 spiro atoms. The minimum atomic E-state index is -0.544. The molecule has 6 nitrogen and oxygen atoms in total. The molecule has 4 rings (SSSR count). The van der Waals surface area contributed by atoms with Gasteiger partial charge >= 0.3 is 0 Å². The van der Waals surface area contributed by atoms with Crippen molar-refractivity contribution in [2.24, 2.45) is 17.6 Å². The summed E-state index contributed by atoms with van der Waals surface area (Å²) in [6, 6.07) is 16.0. The maximum absolute atomic E-state index is 14.3. The van der Waals surface area contributed by atoms with Crippen LogP contribution in [0.15, 0.2) is 48.5 Å². The van der Waals surface area contributed by atoms with Crippen LogP contribution in [0.4, 0.5) is 10.2 Å². The summed E-state index contributed by atoms with van der Waals surface area (Å²) in [4.78, 5) is 0. The maximum Gasteiger partial charge on any atom is 0.149 e. The van der Waals surface area contributed by atoms with E-state index in [1.54, 1.807) is 17.9 Å². The number of nitrogens with zero attached hydrogens (tertiary/aromatic N) is 3. The summed E-state index contributed by atoms with van der Waals surface area (Å²) >= 11 is 0. The van der Waals surface area contributed by atoms with Crippen molar-refractivity contribution in [2.45, 2.75) is 25.7 Å². The van der Waals surface area contributed by atoms with Gasteiger partial charge in [-0.15, -0.1) is 5.10 Å². The summed E-state index contributed by atoms with van der Waals surface area (Å²) in [5.41, 5.74) is 8.13. The SMILES string of the molecule is COc1ccc(-n2nc(NCC3CCCC(CN)C3)cc2-c2ccc(C#N)c(F)c2)cc1. The first kappa shape index (κ1) is 21.8. The van der Waals surface area contributed by atoms with Gasteiger partial charge in [0.15, 0.2) is 0 Å². The molecule has 1 aromatic heterocycles. The molecule has 0 saturated heterocycles. The van der Waals surface area contributed by atoms with E-state index in [0.29, 0.717) is 17.4 Å². The Morgan fingerprint density at radius 1 is 1.19 bits per heavy atom. The van der Waals surface area contributed by atoms with Crippen molar-refractivity contribution >= 4 is 5.82 Å². The van der Waals surface area contributed by atoms with Crippen LogP contribution in [0.1, 0.15) is 31.2 Å². The van der Waals surface area contributed by atoms with Crippen molar-refractivity contribution < 1.29 is 9.13 Å². The zero-order valence-corrected chi connectivity index (χ0v) is 18.2. The van der Waals surface area contributed by atoms with Gasteiger partial charge in [0.05, 0.1) is 24.1 Å².